The highest BCUT2D eigenvalue weighted by Gasteiger charge is 2.12. The second-order valence-corrected chi connectivity index (χ2v) is 4.28. The Morgan fingerprint density at radius 2 is 1.93 bits per heavy atom. The lowest BCUT2D eigenvalue weighted by Gasteiger charge is -2.20. The van der Waals surface area contributed by atoms with Crippen LogP contribution >= 0.6 is 15.9 Å². The predicted octanol–water partition coefficient (Wildman–Crippen LogP) is 3.27. The average Bonchev–Trinajstić information content (AvgIpc) is 2.64. The molecule has 0 atom stereocenters. The van der Waals surface area contributed by atoms with Gasteiger partial charge in [-0.25, -0.2) is 4.39 Å². The van der Waals surface area contributed by atoms with Crippen molar-refractivity contribution in [3.05, 3.63) is 40.1 Å². The molecule has 0 amide bonds. The third kappa shape index (κ3) is 1.69. The van der Waals surface area contributed by atoms with E-state index in [1.807, 2.05) is 13.0 Å². The molecule has 0 bridgehead atoms. The molecule has 0 unspecified atom stereocenters. The third-order valence-corrected chi connectivity index (χ3v) is 3.01. The van der Waals surface area contributed by atoms with E-state index >= 15 is 0 Å². The first-order chi connectivity index (χ1) is 6.68. The van der Waals surface area contributed by atoms with Gasteiger partial charge in [-0.1, -0.05) is 12.2 Å². The minimum absolute atomic E-state index is 0.197. The van der Waals surface area contributed by atoms with Crippen LogP contribution in [-0.4, -0.2) is 13.1 Å². The fourth-order valence-corrected chi connectivity index (χ4v) is 2.11. The molecule has 0 aromatic heterocycles. The number of aryl methyl sites for hydroxylation is 1. The van der Waals surface area contributed by atoms with Crippen molar-refractivity contribution in [3.8, 4) is 0 Å². The summed E-state index contributed by atoms with van der Waals surface area (Å²) in [6.07, 6.45) is 4.19. The highest BCUT2D eigenvalue weighted by atomic mass is 79.9. The number of benzene rings is 1. The Hall–Kier alpha value is -0.830. The molecule has 3 heteroatoms. The van der Waals surface area contributed by atoms with E-state index in [0.717, 1.165) is 24.3 Å². The highest BCUT2D eigenvalue weighted by Crippen LogP contribution is 2.27. The third-order valence-electron chi connectivity index (χ3n) is 2.40. The number of anilines is 1. The standard InChI is InChI=1S/C11H11BrFN/c1-8-6-9(12)10(13)7-11(8)14-4-2-3-5-14/h2-3,6-7H,4-5H2,1H3. The molecule has 1 aromatic rings. The van der Waals surface area contributed by atoms with Gasteiger partial charge in [-0.05, 0) is 40.5 Å². The van der Waals surface area contributed by atoms with Crippen molar-refractivity contribution in [2.24, 2.45) is 0 Å². The lowest BCUT2D eigenvalue weighted by molar-refractivity contribution is 0.620. The predicted molar refractivity (Wildman–Crippen MR) is 60.2 cm³/mol. The molecule has 2 rings (SSSR count). The average molecular weight is 256 g/mol. The summed E-state index contributed by atoms with van der Waals surface area (Å²) in [6, 6.07) is 3.41. The molecule has 0 fully saturated rings. The van der Waals surface area contributed by atoms with Crippen molar-refractivity contribution in [3.63, 3.8) is 0 Å². The van der Waals surface area contributed by atoms with Gasteiger partial charge in [0.2, 0.25) is 0 Å². The molecule has 1 aliphatic heterocycles. The number of halogens is 2. The van der Waals surface area contributed by atoms with Crippen LogP contribution in [-0.2, 0) is 0 Å². The quantitative estimate of drug-likeness (QED) is 0.697. The van der Waals surface area contributed by atoms with Crippen molar-refractivity contribution in [2.75, 3.05) is 18.0 Å². The summed E-state index contributed by atoms with van der Waals surface area (Å²) in [5.41, 5.74) is 2.08. The first-order valence-corrected chi connectivity index (χ1v) is 5.33. The monoisotopic (exact) mass is 255 g/mol. The summed E-state index contributed by atoms with van der Waals surface area (Å²) in [6.45, 7) is 3.75. The highest BCUT2D eigenvalue weighted by molar-refractivity contribution is 9.10. The van der Waals surface area contributed by atoms with Gasteiger partial charge < -0.3 is 4.90 Å². The van der Waals surface area contributed by atoms with E-state index in [1.165, 1.54) is 0 Å². The Bertz CT molecular complexity index is 379. The summed E-state index contributed by atoms with van der Waals surface area (Å²) in [5.74, 6) is -0.197. The molecule has 1 nitrogen and oxygen atoms in total. The number of hydrogen-bond acceptors (Lipinski definition) is 1. The van der Waals surface area contributed by atoms with Crippen molar-refractivity contribution in [1.29, 1.82) is 0 Å². The summed E-state index contributed by atoms with van der Waals surface area (Å²) >= 11 is 3.18. The maximum Gasteiger partial charge on any atom is 0.139 e. The van der Waals surface area contributed by atoms with E-state index in [1.54, 1.807) is 6.07 Å². The molecule has 14 heavy (non-hydrogen) atoms. The molecular formula is C11H11BrFN. The summed E-state index contributed by atoms with van der Waals surface area (Å²) < 4.78 is 13.9. The topological polar surface area (TPSA) is 3.24 Å². The summed E-state index contributed by atoms with van der Waals surface area (Å²) in [5, 5.41) is 0. The van der Waals surface area contributed by atoms with Gasteiger partial charge in [-0.15, -0.1) is 0 Å². The smallest absolute Gasteiger partial charge is 0.139 e. The fraction of sp³-hybridized carbons (Fsp3) is 0.273. The normalized spacial score (nSPS) is 15.2. The summed E-state index contributed by atoms with van der Waals surface area (Å²) in [7, 11) is 0. The van der Waals surface area contributed by atoms with Gasteiger partial charge >= 0.3 is 0 Å². The van der Waals surface area contributed by atoms with Gasteiger partial charge in [0.05, 0.1) is 4.47 Å². The van der Waals surface area contributed by atoms with Gasteiger partial charge in [-0.2, -0.15) is 0 Å². The molecule has 0 aliphatic carbocycles. The molecule has 0 radical (unpaired) electrons. The van der Waals surface area contributed by atoms with Gasteiger partial charge in [0.15, 0.2) is 0 Å². The Labute approximate surface area is 91.4 Å². The van der Waals surface area contributed by atoms with Crippen LogP contribution < -0.4 is 4.90 Å². The van der Waals surface area contributed by atoms with Gasteiger partial charge in [-0.3, -0.25) is 0 Å². The van der Waals surface area contributed by atoms with Crippen LogP contribution in [0.4, 0.5) is 10.1 Å². The molecule has 74 valence electrons. The first kappa shape index (κ1) is 9.71. The van der Waals surface area contributed by atoms with E-state index < -0.39 is 0 Å². The molecular weight excluding hydrogens is 245 g/mol. The van der Waals surface area contributed by atoms with Crippen LogP contribution in [0, 0.1) is 12.7 Å². The van der Waals surface area contributed by atoms with E-state index in [2.05, 4.69) is 33.0 Å². The van der Waals surface area contributed by atoms with Crippen LogP contribution in [0.25, 0.3) is 0 Å². The largest absolute Gasteiger partial charge is 0.364 e. The zero-order chi connectivity index (χ0) is 10.1. The molecule has 1 aromatic carbocycles. The van der Waals surface area contributed by atoms with E-state index in [9.17, 15) is 4.39 Å². The zero-order valence-electron chi connectivity index (χ0n) is 7.93. The SMILES string of the molecule is Cc1cc(Br)c(F)cc1N1CC=CC1. The minimum atomic E-state index is -0.197. The zero-order valence-corrected chi connectivity index (χ0v) is 9.51. The van der Waals surface area contributed by atoms with Crippen LogP contribution in [0.3, 0.4) is 0 Å². The molecule has 0 spiro atoms. The van der Waals surface area contributed by atoms with Crippen molar-refractivity contribution >= 4 is 21.6 Å². The number of rotatable bonds is 1. The molecule has 0 saturated heterocycles. The minimum Gasteiger partial charge on any atom is -0.364 e. The number of hydrogen-bond donors (Lipinski definition) is 0. The van der Waals surface area contributed by atoms with Crippen molar-refractivity contribution in [1.82, 2.24) is 0 Å². The van der Waals surface area contributed by atoms with Crippen LogP contribution in [0.1, 0.15) is 5.56 Å². The fourth-order valence-electron chi connectivity index (χ4n) is 1.65. The van der Waals surface area contributed by atoms with E-state index in [4.69, 9.17) is 0 Å². The lowest BCUT2D eigenvalue weighted by Crippen LogP contribution is -2.19. The molecule has 1 aliphatic rings. The van der Waals surface area contributed by atoms with Gasteiger partial charge in [0, 0.05) is 18.8 Å². The summed E-state index contributed by atoms with van der Waals surface area (Å²) in [4.78, 5) is 2.14. The Kier molecular flexibility index (Phi) is 2.59. The van der Waals surface area contributed by atoms with Crippen LogP contribution in [0.2, 0.25) is 0 Å². The second kappa shape index (κ2) is 3.73. The van der Waals surface area contributed by atoms with Crippen LogP contribution in [0.15, 0.2) is 28.8 Å². The molecule has 1 heterocycles. The van der Waals surface area contributed by atoms with Gasteiger partial charge in [0.25, 0.3) is 0 Å². The van der Waals surface area contributed by atoms with Gasteiger partial charge in [0.1, 0.15) is 5.82 Å². The maximum atomic E-state index is 13.3. The Morgan fingerprint density at radius 1 is 1.29 bits per heavy atom. The van der Waals surface area contributed by atoms with Crippen molar-refractivity contribution in [2.45, 2.75) is 6.92 Å². The van der Waals surface area contributed by atoms with E-state index in [-0.39, 0.29) is 5.82 Å². The second-order valence-electron chi connectivity index (χ2n) is 3.43. The first-order valence-electron chi connectivity index (χ1n) is 4.54. The maximum absolute atomic E-state index is 13.3. The van der Waals surface area contributed by atoms with Crippen molar-refractivity contribution < 1.29 is 4.39 Å². The number of nitrogens with zero attached hydrogens (tertiary/aromatic N) is 1. The van der Waals surface area contributed by atoms with Crippen LogP contribution in [0.5, 0.6) is 0 Å². The lowest BCUT2D eigenvalue weighted by atomic mass is 10.2. The Balaban J connectivity index is 2.38. The van der Waals surface area contributed by atoms with E-state index in [0.29, 0.717) is 4.47 Å². The Morgan fingerprint density at radius 3 is 2.57 bits per heavy atom. The molecule has 0 N–H and O–H groups in total. The molecule has 0 saturated carbocycles.